The van der Waals surface area contributed by atoms with Crippen LogP contribution in [0.15, 0.2) is 36.5 Å². The summed E-state index contributed by atoms with van der Waals surface area (Å²) in [6.07, 6.45) is 5.31. The second-order valence-electron chi connectivity index (χ2n) is 4.79. The molecule has 0 aliphatic rings. The molecule has 116 valence electrons. The van der Waals surface area contributed by atoms with E-state index in [4.69, 9.17) is 17.3 Å². The zero-order valence-electron chi connectivity index (χ0n) is 11.8. The Labute approximate surface area is 140 Å². The number of aromatic nitrogens is 2. The number of carboxylic acids is 1. The lowest BCUT2D eigenvalue weighted by atomic mass is 10.1. The van der Waals surface area contributed by atoms with Crippen LogP contribution >= 0.6 is 23.6 Å². The number of nitrogens with zero attached hydrogens (tertiary/aromatic N) is 2. The highest BCUT2D eigenvalue weighted by Gasteiger charge is 2.12. The first kappa shape index (κ1) is 15.4. The van der Waals surface area contributed by atoms with Crippen molar-refractivity contribution in [2.75, 3.05) is 0 Å². The second kappa shape index (κ2) is 6.31. The Morgan fingerprint density at radius 3 is 2.87 bits per heavy atom. The summed E-state index contributed by atoms with van der Waals surface area (Å²) in [7, 11) is 0. The van der Waals surface area contributed by atoms with Gasteiger partial charge in [0.05, 0.1) is 10.4 Å². The van der Waals surface area contributed by atoms with Crippen LogP contribution in [0.1, 0.15) is 10.4 Å². The summed E-state index contributed by atoms with van der Waals surface area (Å²) in [4.78, 5) is 15.6. The van der Waals surface area contributed by atoms with Crippen LogP contribution in [0.3, 0.4) is 0 Å². The predicted molar refractivity (Wildman–Crippen MR) is 93.1 cm³/mol. The van der Waals surface area contributed by atoms with Gasteiger partial charge >= 0.3 is 5.97 Å². The number of carboxylic acid groups (broad SMARTS) is 1. The van der Waals surface area contributed by atoms with Crippen LogP contribution in [0.5, 0.6) is 5.88 Å². The van der Waals surface area contributed by atoms with Crippen molar-refractivity contribution in [3.05, 3.63) is 50.9 Å². The first-order chi connectivity index (χ1) is 11.1. The van der Waals surface area contributed by atoms with Gasteiger partial charge in [-0.15, -0.1) is 11.3 Å². The van der Waals surface area contributed by atoms with E-state index in [0.717, 1.165) is 16.5 Å². The number of hydrogen-bond acceptors (Lipinski definition) is 5. The first-order valence-electron chi connectivity index (χ1n) is 6.72. The van der Waals surface area contributed by atoms with Crippen molar-refractivity contribution in [1.82, 2.24) is 9.55 Å². The topological polar surface area (TPSA) is 75.3 Å². The fourth-order valence-corrected chi connectivity index (χ4v) is 3.43. The third-order valence-corrected chi connectivity index (χ3v) is 4.69. The van der Waals surface area contributed by atoms with Gasteiger partial charge in [0.2, 0.25) is 5.88 Å². The van der Waals surface area contributed by atoms with Gasteiger partial charge in [-0.1, -0.05) is 24.3 Å². The van der Waals surface area contributed by atoms with Gasteiger partial charge in [0, 0.05) is 11.6 Å². The Morgan fingerprint density at radius 1 is 1.30 bits per heavy atom. The normalized spacial score (nSPS) is 11.3. The highest BCUT2D eigenvalue weighted by Crippen LogP contribution is 2.28. The molecule has 1 aromatic carbocycles. The standard InChI is InChI=1S/C16H12N2O3S2/c19-14(20)9-18-15(21)13(23-16(18)22)6-5-10-7-8-17-12-4-2-1-3-11(10)12/h1-8,21H,9H2,(H,19,20). The fraction of sp³-hybridized carbons (Fsp3) is 0.0625. The van der Waals surface area contributed by atoms with Gasteiger partial charge in [-0.05, 0) is 36.0 Å². The summed E-state index contributed by atoms with van der Waals surface area (Å²) >= 11 is 6.27. The minimum Gasteiger partial charge on any atom is -0.493 e. The van der Waals surface area contributed by atoms with Crippen LogP contribution in [0, 0.1) is 3.95 Å². The maximum atomic E-state index is 10.8. The quantitative estimate of drug-likeness (QED) is 0.704. The molecule has 0 unspecified atom stereocenters. The van der Waals surface area contributed by atoms with Gasteiger partial charge < -0.3 is 10.2 Å². The summed E-state index contributed by atoms with van der Waals surface area (Å²) < 4.78 is 1.52. The van der Waals surface area contributed by atoms with Crippen LogP contribution in [0.4, 0.5) is 0 Å². The minimum atomic E-state index is -1.05. The van der Waals surface area contributed by atoms with Crippen LogP contribution in [0.25, 0.3) is 23.1 Å². The smallest absolute Gasteiger partial charge is 0.323 e. The number of para-hydroxylation sites is 1. The van der Waals surface area contributed by atoms with E-state index in [0.29, 0.717) is 8.83 Å². The van der Waals surface area contributed by atoms with Gasteiger partial charge in [0.15, 0.2) is 3.95 Å². The molecule has 0 saturated carbocycles. The van der Waals surface area contributed by atoms with E-state index in [2.05, 4.69) is 4.98 Å². The predicted octanol–water partition coefficient (Wildman–Crippen LogP) is 3.79. The summed E-state index contributed by atoms with van der Waals surface area (Å²) in [5.41, 5.74) is 1.84. The lowest BCUT2D eigenvalue weighted by Gasteiger charge is -2.01. The zero-order valence-corrected chi connectivity index (χ0v) is 13.5. The number of carbonyl (C=O) groups is 1. The highest BCUT2D eigenvalue weighted by molar-refractivity contribution is 7.73. The largest absolute Gasteiger partial charge is 0.493 e. The summed E-state index contributed by atoms with van der Waals surface area (Å²) in [5.74, 6) is -1.18. The molecule has 0 fully saturated rings. The third kappa shape index (κ3) is 3.15. The molecule has 0 bridgehead atoms. The minimum absolute atomic E-state index is 0.128. The molecule has 5 nitrogen and oxygen atoms in total. The van der Waals surface area contributed by atoms with Crippen molar-refractivity contribution in [1.29, 1.82) is 0 Å². The average Bonchev–Trinajstić information content (AvgIpc) is 2.80. The number of hydrogen-bond donors (Lipinski definition) is 2. The lowest BCUT2D eigenvalue weighted by Crippen LogP contribution is -2.07. The molecule has 23 heavy (non-hydrogen) atoms. The third-order valence-electron chi connectivity index (χ3n) is 3.28. The molecule has 3 aromatic rings. The van der Waals surface area contributed by atoms with Gasteiger partial charge in [0.25, 0.3) is 0 Å². The molecule has 0 aliphatic heterocycles. The Bertz CT molecular complexity index is 968. The van der Waals surface area contributed by atoms with E-state index in [1.165, 1.54) is 15.9 Å². The number of rotatable bonds is 4. The van der Waals surface area contributed by atoms with E-state index in [-0.39, 0.29) is 12.4 Å². The molecule has 0 atom stereocenters. The number of aliphatic carboxylic acids is 1. The molecule has 0 spiro atoms. The molecular weight excluding hydrogens is 332 g/mol. The van der Waals surface area contributed by atoms with Crippen molar-refractivity contribution in [3.63, 3.8) is 0 Å². The lowest BCUT2D eigenvalue weighted by molar-refractivity contribution is -0.137. The monoisotopic (exact) mass is 344 g/mol. The molecule has 0 amide bonds. The van der Waals surface area contributed by atoms with E-state index >= 15 is 0 Å². The molecule has 2 N–H and O–H groups in total. The number of aromatic hydroxyl groups is 1. The average molecular weight is 344 g/mol. The molecule has 7 heteroatoms. The van der Waals surface area contributed by atoms with Gasteiger partial charge in [0.1, 0.15) is 6.54 Å². The number of fused-ring (bicyclic) bond motifs is 1. The van der Waals surface area contributed by atoms with Crippen LogP contribution in [0.2, 0.25) is 0 Å². The first-order valence-corrected chi connectivity index (χ1v) is 7.95. The van der Waals surface area contributed by atoms with E-state index < -0.39 is 5.97 Å². The van der Waals surface area contributed by atoms with Crippen molar-refractivity contribution >= 4 is 52.6 Å². The van der Waals surface area contributed by atoms with E-state index in [1.54, 1.807) is 12.3 Å². The summed E-state index contributed by atoms with van der Waals surface area (Å²) in [5, 5.41) is 20.0. The molecular formula is C16H12N2O3S2. The zero-order chi connectivity index (χ0) is 16.4. The summed E-state index contributed by atoms with van der Waals surface area (Å²) in [6.45, 7) is -0.354. The van der Waals surface area contributed by atoms with Crippen molar-refractivity contribution in [2.45, 2.75) is 6.54 Å². The number of benzene rings is 1. The van der Waals surface area contributed by atoms with Crippen molar-refractivity contribution < 1.29 is 15.0 Å². The van der Waals surface area contributed by atoms with Gasteiger partial charge in [-0.3, -0.25) is 14.3 Å². The van der Waals surface area contributed by atoms with Crippen LogP contribution in [-0.4, -0.2) is 25.7 Å². The highest BCUT2D eigenvalue weighted by atomic mass is 32.1. The Kier molecular flexibility index (Phi) is 4.22. The maximum absolute atomic E-state index is 10.8. The molecule has 3 rings (SSSR count). The molecule has 0 radical (unpaired) electrons. The molecule has 2 heterocycles. The van der Waals surface area contributed by atoms with Crippen LogP contribution < -0.4 is 0 Å². The molecule has 0 aliphatic carbocycles. The van der Waals surface area contributed by atoms with E-state index in [9.17, 15) is 9.90 Å². The fourth-order valence-electron chi connectivity index (χ4n) is 2.23. The van der Waals surface area contributed by atoms with Crippen molar-refractivity contribution in [2.24, 2.45) is 0 Å². The number of thiazole rings is 1. The summed E-state index contributed by atoms with van der Waals surface area (Å²) in [6, 6.07) is 9.64. The second-order valence-corrected chi connectivity index (χ2v) is 6.46. The Balaban J connectivity index is 2.00. The Morgan fingerprint density at radius 2 is 2.09 bits per heavy atom. The number of pyridine rings is 1. The maximum Gasteiger partial charge on any atom is 0.323 e. The van der Waals surface area contributed by atoms with Gasteiger partial charge in [-0.25, -0.2) is 0 Å². The van der Waals surface area contributed by atoms with E-state index in [1.807, 2.05) is 36.4 Å². The SMILES string of the molecule is O=C(O)Cn1c(O)c(C=Cc2ccnc3ccccc23)sc1=S. The molecule has 0 saturated heterocycles. The van der Waals surface area contributed by atoms with Gasteiger partial charge in [-0.2, -0.15) is 0 Å². The Hall–Kier alpha value is -2.51. The van der Waals surface area contributed by atoms with Crippen molar-refractivity contribution in [3.8, 4) is 5.88 Å². The molecule has 2 aromatic heterocycles. The van der Waals surface area contributed by atoms with Crippen LogP contribution in [-0.2, 0) is 11.3 Å².